The van der Waals surface area contributed by atoms with E-state index >= 15 is 0 Å². The van der Waals surface area contributed by atoms with Crippen LogP contribution in [-0.2, 0) is 20.5 Å². The Bertz CT molecular complexity index is 394. The Balaban J connectivity index is 1.91. The third kappa shape index (κ3) is 3.71. The van der Waals surface area contributed by atoms with Gasteiger partial charge in [-0.15, -0.1) is 5.48 Å². The number of nitrogens with zero attached hydrogens (tertiary/aromatic N) is 1. The average molecular weight is 254 g/mol. The number of benzene rings is 1. The summed E-state index contributed by atoms with van der Waals surface area (Å²) in [5.74, 6) is 0.714. The van der Waals surface area contributed by atoms with Crippen LogP contribution in [0, 0.1) is 0 Å². The molecular weight excluding hydrogens is 240 g/mol. The topological polar surface area (TPSA) is 52.1 Å². The van der Waals surface area contributed by atoms with E-state index in [1.807, 2.05) is 31.2 Å². The maximum Gasteiger partial charge on any atom is 0.215 e. The van der Waals surface area contributed by atoms with Crippen molar-refractivity contribution in [1.29, 1.82) is 0 Å². The number of hydrogen-bond donors (Lipinski definition) is 1. The molecule has 6 heteroatoms. The van der Waals surface area contributed by atoms with Crippen molar-refractivity contribution in [2.45, 2.75) is 24.4 Å². The molecule has 1 N–H and O–H groups in total. The van der Waals surface area contributed by atoms with Crippen LogP contribution < -0.4 is 5.48 Å². The fourth-order valence-corrected chi connectivity index (χ4v) is 1.81. The number of rotatable bonds is 5. The summed E-state index contributed by atoms with van der Waals surface area (Å²) in [6, 6.07) is 7.95. The maximum absolute atomic E-state index is 5.21. The molecule has 0 amide bonds. The number of aliphatic imine (C=N–C) groups is 1. The maximum atomic E-state index is 5.21. The molecule has 1 unspecified atom stereocenters. The predicted octanol–water partition coefficient (Wildman–Crippen LogP) is 2.09. The van der Waals surface area contributed by atoms with Gasteiger partial charge in [-0.1, -0.05) is 12.1 Å². The predicted molar refractivity (Wildman–Crippen MR) is 65.2 cm³/mol. The molecular formula is C11H14N2O3S. The Morgan fingerprint density at radius 1 is 1.41 bits per heavy atom. The van der Waals surface area contributed by atoms with Gasteiger partial charge in [0.1, 0.15) is 6.17 Å². The lowest BCUT2D eigenvalue weighted by atomic mass is 10.1. The minimum atomic E-state index is 0.0370. The highest BCUT2D eigenvalue weighted by atomic mass is 32.2. The van der Waals surface area contributed by atoms with Crippen LogP contribution >= 0.6 is 12.0 Å². The molecule has 1 aliphatic rings. The molecule has 0 spiro atoms. The van der Waals surface area contributed by atoms with Crippen LogP contribution in [0.5, 0.6) is 0 Å². The average Bonchev–Trinajstić information content (AvgIpc) is 2.74. The minimum absolute atomic E-state index is 0.0370. The van der Waals surface area contributed by atoms with Gasteiger partial charge in [0.25, 0.3) is 0 Å². The van der Waals surface area contributed by atoms with Crippen molar-refractivity contribution in [3.05, 3.63) is 29.8 Å². The summed E-state index contributed by atoms with van der Waals surface area (Å²) in [5, 5.41) is 0. The lowest BCUT2D eigenvalue weighted by Gasteiger charge is -2.02. The Morgan fingerprint density at radius 3 is 2.76 bits per heavy atom. The molecule has 1 atom stereocenters. The smallest absolute Gasteiger partial charge is 0.215 e. The van der Waals surface area contributed by atoms with E-state index in [0.717, 1.165) is 10.5 Å². The molecule has 1 aliphatic heterocycles. The van der Waals surface area contributed by atoms with Gasteiger partial charge in [-0.25, -0.2) is 9.88 Å². The Morgan fingerprint density at radius 2 is 2.18 bits per heavy atom. The zero-order valence-electron chi connectivity index (χ0n) is 9.67. The standard InChI is InChI=1S/C11H14N2O3S/c1-8-12-11(15-13-8)7-9-3-5-10(6-4-9)17-16-14-2/h3-6,8,13H,7H2,1-2H3. The van der Waals surface area contributed by atoms with Gasteiger partial charge in [-0.2, -0.15) is 4.33 Å². The first-order valence-corrected chi connectivity index (χ1v) is 5.97. The van der Waals surface area contributed by atoms with E-state index in [1.54, 1.807) is 0 Å². The summed E-state index contributed by atoms with van der Waals surface area (Å²) >= 11 is 1.18. The molecule has 0 fully saturated rings. The normalized spacial score (nSPS) is 18.9. The van der Waals surface area contributed by atoms with E-state index in [4.69, 9.17) is 9.17 Å². The molecule has 5 nitrogen and oxygen atoms in total. The first kappa shape index (κ1) is 12.4. The third-order valence-electron chi connectivity index (χ3n) is 2.16. The van der Waals surface area contributed by atoms with E-state index < -0.39 is 0 Å². The lowest BCUT2D eigenvalue weighted by molar-refractivity contribution is -0.160. The van der Waals surface area contributed by atoms with Crippen LogP contribution in [-0.4, -0.2) is 19.2 Å². The van der Waals surface area contributed by atoms with Gasteiger partial charge in [0.05, 0.1) is 25.6 Å². The fourth-order valence-electron chi connectivity index (χ4n) is 1.41. The Labute approximate surface area is 104 Å². The zero-order chi connectivity index (χ0) is 12.1. The van der Waals surface area contributed by atoms with E-state index in [0.29, 0.717) is 12.3 Å². The van der Waals surface area contributed by atoms with E-state index in [-0.39, 0.29) is 6.17 Å². The lowest BCUT2D eigenvalue weighted by Crippen LogP contribution is -2.17. The van der Waals surface area contributed by atoms with Crippen LogP contribution in [0.2, 0.25) is 0 Å². The van der Waals surface area contributed by atoms with Crippen molar-refractivity contribution in [2.75, 3.05) is 7.11 Å². The second kappa shape index (κ2) is 6.02. The van der Waals surface area contributed by atoms with Crippen molar-refractivity contribution < 1.29 is 14.1 Å². The summed E-state index contributed by atoms with van der Waals surface area (Å²) in [4.78, 5) is 15.0. The summed E-state index contributed by atoms with van der Waals surface area (Å²) in [6.07, 6.45) is 0.725. The summed E-state index contributed by atoms with van der Waals surface area (Å²) in [7, 11) is 1.48. The molecule has 1 heterocycles. The molecule has 1 aromatic rings. The molecule has 1 aromatic carbocycles. The van der Waals surface area contributed by atoms with Gasteiger partial charge in [0.15, 0.2) is 0 Å². The highest BCUT2D eigenvalue weighted by molar-refractivity contribution is 7.94. The van der Waals surface area contributed by atoms with Crippen molar-refractivity contribution in [1.82, 2.24) is 5.48 Å². The fraction of sp³-hybridized carbons (Fsp3) is 0.364. The second-order valence-corrected chi connectivity index (χ2v) is 4.33. The number of hydroxylamine groups is 1. The van der Waals surface area contributed by atoms with Crippen LogP contribution in [0.15, 0.2) is 34.2 Å². The number of hydrogen-bond acceptors (Lipinski definition) is 6. The first-order valence-electron chi connectivity index (χ1n) is 5.23. The molecule has 0 bridgehead atoms. The molecule has 17 heavy (non-hydrogen) atoms. The van der Waals surface area contributed by atoms with Gasteiger partial charge in [-0.05, 0) is 24.6 Å². The van der Waals surface area contributed by atoms with E-state index in [9.17, 15) is 0 Å². The SMILES string of the molecule is COOSc1ccc(CC2=NC(C)NO2)cc1. The highest BCUT2D eigenvalue weighted by Crippen LogP contribution is 2.19. The second-order valence-electron chi connectivity index (χ2n) is 3.56. The van der Waals surface area contributed by atoms with E-state index in [1.165, 1.54) is 19.2 Å². The molecule has 92 valence electrons. The Hall–Kier alpha value is -1.08. The van der Waals surface area contributed by atoms with Crippen LogP contribution in [0.1, 0.15) is 12.5 Å². The van der Waals surface area contributed by atoms with Gasteiger partial charge in [0, 0.05) is 4.90 Å². The monoisotopic (exact) mass is 254 g/mol. The molecule has 0 saturated heterocycles. The van der Waals surface area contributed by atoms with Gasteiger partial charge in [0.2, 0.25) is 5.90 Å². The highest BCUT2D eigenvalue weighted by Gasteiger charge is 2.13. The summed E-state index contributed by atoms with van der Waals surface area (Å²) in [5.41, 5.74) is 3.92. The largest absolute Gasteiger partial charge is 0.391 e. The van der Waals surface area contributed by atoms with Crippen molar-refractivity contribution in [3.63, 3.8) is 0 Å². The van der Waals surface area contributed by atoms with Gasteiger partial charge in [-0.3, -0.25) is 0 Å². The van der Waals surface area contributed by atoms with Gasteiger partial charge >= 0.3 is 0 Å². The summed E-state index contributed by atoms with van der Waals surface area (Å²) < 4.78 is 4.77. The molecule has 0 saturated carbocycles. The molecule has 2 rings (SSSR count). The van der Waals surface area contributed by atoms with Crippen molar-refractivity contribution >= 4 is 17.9 Å². The van der Waals surface area contributed by atoms with E-state index in [2.05, 4.69) is 15.4 Å². The third-order valence-corrected chi connectivity index (χ3v) is 2.83. The zero-order valence-corrected chi connectivity index (χ0v) is 10.5. The van der Waals surface area contributed by atoms with Gasteiger partial charge < -0.3 is 4.84 Å². The van der Waals surface area contributed by atoms with Crippen LogP contribution in [0.3, 0.4) is 0 Å². The van der Waals surface area contributed by atoms with Crippen molar-refractivity contribution in [2.24, 2.45) is 4.99 Å². The molecule has 0 aromatic heterocycles. The number of nitrogens with one attached hydrogen (secondary N) is 1. The first-order chi connectivity index (χ1) is 8.28. The van der Waals surface area contributed by atoms with Crippen LogP contribution in [0.4, 0.5) is 0 Å². The van der Waals surface area contributed by atoms with Crippen molar-refractivity contribution in [3.8, 4) is 0 Å². The summed E-state index contributed by atoms with van der Waals surface area (Å²) in [6.45, 7) is 1.94. The quantitative estimate of drug-likeness (QED) is 0.495. The minimum Gasteiger partial charge on any atom is -0.391 e. The Kier molecular flexibility index (Phi) is 4.38. The molecule has 0 radical (unpaired) electrons. The molecule has 0 aliphatic carbocycles. The van der Waals surface area contributed by atoms with Crippen LogP contribution in [0.25, 0.3) is 0 Å².